The molecular formula is C24H20N4O4S. The Hall–Kier alpha value is -4.11. The number of thioether (sulfide) groups is 1. The highest BCUT2D eigenvalue weighted by molar-refractivity contribution is 8.16. The van der Waals surface area contributed by atoms with E-state index in [1.54, 1.807) is 36.4 Å². The Morgan fingerprint density at radius 1 is 0.970 bits per heavy atom. The van der Waals surface area contributed by atoms with Crippen LogP contribution in [0.3, 0.4) is 0 Å². The van der Waals surface area contributed by atoms with Crippen molar-refractivity contribution in [2.24, 2.45) is 10.2 Å². The summed E-state index contributed by atoms with van der Waals surface area (Å²) in [6.45, 7) is 0. The van der Waals surface area contributed by atoms with Crippen molar-refractivity contribution in [1.29, 1.82) is 0 Å². The molecule has 9 heteroatoms. The van der Waals surface area contributed by atoms with E-state index >= 15 is 0 Å². The van der Waals surface area contributed by atoms with Crippen molar-refractivity contribution in [3.05, 3.63) is 84.4 Å². The van der Waals surface area contributed by atoms with E-state index in [1.165, 1.54) is 35.4 Å². The van der Waals surface area contributed by atoms with Crippen LogP contribution in [0.4, 0.5) is 11.4 Å². The van der Waals surface area contributed by atoms with Gasteiger partial charge in [-0.3, -0.25) is 14.5 Å². The first-order valence-electron chi connectivity index (χ1n) is 10.0. The summed E-state index contributed by atoms with van der Waals surface area (Å²) in [5, 5.41) is 29.7. The van der Waals surface area contributed by atoms with E-state index in [0.717, 1.165) is 17.3 Å². The van der Waals surface area contributed by atoms with Crippen molar-refractivity contribution in [2.45, 2.75) is 11.7 Å². The third kappa shape index (κ3) is 5.58. The molecule has 1 fully saturated rings. The van der Waals surface area contributed by atoms with Crippen molar-refractivity contribution < 1.29 is 19.8 Å². The zero-order valence-electron chi connectivity index (χ0n) is 17.3. The molecule has 0 spiro atoms. The third-order valence-corrected chi connectivity index (χ3v) is 5.84. The number of nitrogens with one attached hydrogen (secondary N) is 1. The maximum atomic E-state index is 13.2. The van der Waals surface area contributed by atoms with Crippen molar-refractivity contribution >= 4 is 46.3 Å². The zero-order valence-corrected chi connectivity index (χ0v) is 18.1. The van der Waals surface area contributed by atoms with Gasteiger partial charge in [0, 0.05) is 12.1 Å². The van der Waals surface area contributed by atoms with Gasteiger partial charge in [0.05, 0.1) is 11.9 Å². The van der Waals surface area contributed by atoms with Gasteiger partial charge in [0.1, 0.15) is 16.7 Å². The Balaban J connectivity index is 1.54. The lowest BCUT2D eigenvalue weighted by Gasteiger charge is -2.15. The topological polar surface area (TPSA) is 115 Å². The number of amides is 2. The average Bonchev–Trinajstić information content (AvgIpc) is 3.11. The Morgan fingerprint density at radius 3 is 2.27 bits per heavy atom. The number of nitrogens with zero attached hydrogens (tertiary/aromatic N) is 3. The molecule has 0 radical (unpaired) electrons. The molecule has 0 bridgehead atoms. The van der Waals surface area contributed by atoms with Crippen LogP contribution in [0.2, 0.25) is 0 Å². The Labute approximate surface area is 194 Å². The molecule has 1 saturated heterocycles. The van der Waals surface area contributed by atoms with Crippen molar-refractivity contribution in [2.75, 3.05) is 10.2 Å². The van der Waals surface area contributed by atoms with E-state index in [4.69, 9.17) is 0 Å². The van der Waals surface area contributed by atoms with Gasteiger partial charge in [-0.1, -0.05) is 30.0 Å². The van der Waals surface area contributed by atoms with E-state index in [9.17, 15) is 19.8 Å². The average molecular weight is 461 g/mol. The lowest BCUT2D eigenvalue weighted by atomic mass is 10.2. The highest BCUT2D eigenvalue weighted by Gasteiger charge is 2.40. The van der Waals surface area contributed by atoms with Crippen LogP contribution in [0.1, 0.15) is 12.0 Å². The molecule has 8 nitrogen and oxygen atoms in total. The third-order valence-electron chi connectivity index (χ3n) is 4.71. The molecule has 0 saturated carbocycles. The number of rotatable bonds is 6. The largest absolute Gasteiger partial charge is 0.508 e. The second-order valence-electron chi connectivity index (χ2n) is 7.13. The minimum absolute atomic E-state index is 0.0341. The number of phenolic OH excluding ortho intramolecular Hbond substituents is 2. The highest BCUT2D eigenvalue weighted by Crippen LogP contribution is 2.34. The normalized spacial score (nSPS) is 17.1. The van der Waals surface area contributed by atoms with Gasteiger partial charge in [-0.25, -0.2) is 0 Å². The molecule has 33 heavy (non-hydrogen) atoms. The van der Waals surface area contributed by atoms with Gasteiger partial charge in [-0.05, 0) is 66.2 Å². The van der Waals surface area contributed by atoms with E-state index in [-0.39, 0.29) is 29.7 Å². The van der Waals surface area contributed by atoms with Gasteiger partial charge < -0.3 is 15.5 Å². The number of para-hydroxylation sites is 1. The number of carbonyl (C=O) groups is 2. The first-order valence-corrected chi connectivity index (χ1v) is 10.9. The number of hydrogen-bond donors (Lipinski definition) is 3. The first-order chi connectivity index (χ1) is 16.0. The van der Waals surface area contributed by atoms with Crippen LogP contribution in [0, 0.1) is 0 Å². The molecule has 4 rings (SSSR count). The molecule has 0 aromatic heterocycles. The quantitative estimate of drug-likeness (QED) is 0.380. The summed E-state index contributed by atoms with van der Waals surface area (Å²) in [6, 6.07) is 21.6. The number of aromatic hydroxyl groups is 2. The van der Waals surface area contributed by atoms with Crippen molar-refractivity contribution in [3.63, 3.8) is 0 Å². The van der Waals surface area contributed by atoms with Gasteiger partial charge in [0.2, 0.25) is 11.8 Å². The molecule has 3 N–H and O–H groups in total. The molecule has 2 amide bonds. The Kier molecular flexibility index (Phi) is 6.70. The van der Waals surface area contributed by atoms with E-state index in [2.05, 4.69) is 15.5 Å². The van der Waals surface area contributed by atoms with E-state index < -0.39 is 5.25 Å². The minimum atomic E-state index is -0.676. The highest BCUT2D eigenvalue weighted by atomic mass is 32.2. The molecule has 1 aliphatic heterocycles. The molecule has 1 heterocycles. The Bertz CT molecular complexity index is 1200. The number of hydrogen-bond acceptors (Lipinski definition) is 7. The molecular weight excluding hydrogens is 440 g/mol. The summed E-state index contributed by atoms with van der Waals surface area (Å²) in [7, 11) is 0. The predicted molar refractivity (Wildman–Crippen MR) is 130 cm³/mol. The standard InChI is InChI=1S/C24H20N4O4S/c29-19-10-6-16(7-11-19)15-25-27-24-28(18-8-12-20(30)13-9-18)23(32)21(33-24)14-22(31)26-17-4-2-1-3-5-17/h1-13,15,21,29-30H,14H2,(H,26,31)/b25-15+,27-24+. The van der Waals surface area contributed by atoms with Crippen LogP contribution in [0.25, 0.3) is 0 Å². The summed E-state index contributed by atoms with van der Waals surface area (Å²) in [5.41, 5.74) is 1.89. The molecule has 1 unspecified atom stereocenters. The van der Waals surface area contributed by atoms with Crippen molar-refractivity contribution in [3.8, 4) is 11.5 Å². The summed E-state index contributed by atoms with van der Waals surface area (Å²) in [5.74, 6) is -0.370. The van der Waals surface area contributed by atoms with E-state index in [1.807, 2.05) is 18.2 Å². The summed E-state index contributed by atoms with van der Waals surface area (Å²) < 4.78 is 0. The fourth-order valence-corrected chi connectivity index (χ4v) is 4.20. The van der Waals surface area contributed by atoms with Crippen LogP contribution < -0.4 is 10.2 Å². The monoisotopic (exact) mass is 460 g/mol. The van der Waals surface area contributed by atoms with Gasteiger partial charge in [-0.2, -0.15) is 5.10 Å². The maximum absolute atomic E-state index is 13.2. The molecule has 166 valence electrons. The van der Waals surface area contributed by atoms with Crippen LogP contribution in [-0.4, -0.2) is 38.7 Å². The summed E-state index contributed by atoms with van der Waals surface area (Å²) >= 11 is 1.15. The van der Waals surface area contributed by atoms with Gasteiger partial charge in [0.15, 0.2) is 5.17 Å². The Morgan fingerprint density at radius 2 is 1.61 bits per heavy atom. The van der Waals surface area contributed by atoms with E-state index in [0.29, 0.717) is 16.5 Å². The van der Waals surface area contributed by atoms with Crippen LogP contribution in [0.15, 0.2) is 89.1 Å². The number of amidine groups is 1. The molecule has 1 atom stereocenters. The number of phenols is 2. The molecule has 0 aliphatic carbocycles. The summed E-state index contributed by atoms with van der Waals surface area (Å²) in [6.07, 6.45) is 1.47. The van der Waals surface area contributed by atoms with Crippen LogP contribution in [-0.2, 0) is 9.59 Å². The summed E-state index contributed by atoms with van der Waals surface area (Å²) in [4.78, 5) is 27.1. The van der Waals surface area contributed by atoms with Crippen LogP contribution >= 0.6 is 11.8 Å². The smallest absolute Gasteiger partial charge is 0.247 e. The van der Waals surface area contributed by atoms with Crippen LogP contribution in [0.5, 0.6) is 11.5 Å². The lowest BCUT2D eigenvalue weighted by Crippen LogP contribution is -2.33. The minimum Gasteiger partial charge on any atom is -0.508 e. The number of benzene rings is 3. The second-order valence-corrected chi connectivity index (χ2v) is 8.30. The second kappa shape index (κ2) is 10.0. The fourth-order valence-electron chi connectivity index (χ4n) is 3.11. The zero-order chi connectivity index (χ0) is 23.2. The fraction of sp³-hybridized carbons (Fsp3) is 0.0833. The number of anilines is 2. The number of carbonyl (C=O) groups excluding carboxylic acids is 2. The van der Waals surface area contributed by atoms with Gasteiger partial charge >= 0.3 is 0 Å². The predicted octanol–water partition coefficient (Wildman–Crippen LogP) is 3.97. The van der Waals surface area contributed by atoms with Gasteiger partial charge in [-0.15, -0.1) is 5.10 Å². The maximum Gasteiger partial charge on any atom is 0.247 e. The first kappa shape index (κ1) is 22.1. The lowest BCUT2D eigenvalue weighted by molar-refractivity contribution is -0.121. The van der Waals surface area contributed by atoms with Crippen molar-refractivity contribution in [1.82, 2.24) is 0 Å². The SMILES string of the molecule is O=C(CC1S/C(=N/N=C/c2ccc(O)cc2)N(c2ccc(O)cc2)C1=O)Nc1ccccc1. The van der Waals surface area contributed by atoms with Gasteiger partial charge in [0.25, 0.3) is 0 Å². The molecule has 1 aliphatic rings. The molecule has 3 aromatic rings. The molecule has 3 aromatic carbocycles.